The molecular weight excluding hydrogens is 350 g/mol. The van der Waals surface area contributed by atoms with Gasteiger partial charge >= 0.3 is 0 Å². The van der Waals surface area contributed by atoms with Crippen LogP contribution in [0.2, 0.25) is 5.02 Å². The van der Waals surface area contributed by atoms with E-state index in [1.807, 2.05) is 48.5 Å². The Bertz CT molecular complexity index is 786. The lowest BCUT2D eigenvalue weighted by Crippen LogP contribution is -2.29. The second kappa shape index (κ2) is 6.12. The Morgan fingerprint density at radius 2 is 1.90 bits per heavy atom. The van der Waals surface area contributed by atoms with Gasteiger partial charge in [0.2, 0.25) is 0 Å². The van der Waals surface area contributed by atoms with Gasteiger partial charge in [0.05, 0.1) is 11.6 Å². The molecule has 1 unspecified atom stereocenters. The molecule has 3 aromatic rings. The summed E-state index contributed by atoms with van der Waals surface area (Å²) in [5.41, 5.74) is 5.85. The van der Waals surface area contributed by atoms with E-state index in [0.717, 1.165) is 26.5 Å². The summed E-state index contributed by atoms with van der Waals surface area (Å²) in [7, 11) is 0. The Kier molecular flexibility index (Phi) is 4.22. The van der Waals surface area contributed by atoms with E-state index >= 15 is 0 Å². The lowest BCUT2D eigenvalue weighted by molar-refractivity contribution is 0.637. The Morgan fingerprint density at radius 1 is 1.10 bits per heavy atom. The quantitative estimate of drug-likeness (QED) is 0.542. The van der Waals surface area contributed by atoms with Crippen molar-refractivity contribution in [1.82, 2.24) is 10.4 Å². The lowest BCUT2D eigenvalue weighted by Gasteiger charge is -2.19. The molecule has 5 heteroatoms. The van der Waals surface area contributed by atoms with Gasteiger partial charge in [-0.1, -0.05) is 57.9 Å². The number of rotatable bonds is 3. The average Bonchev–Trinajstić information content (AvgIpc) is 2.50. The summed E-state index contributed by atoms with van der Waals surface area (Å²) < 4.78 is 0.908. The minimum Gasteiger partial charge on any atom is -0.271 e. The first-order valence-corrected chi connectivity index (χ1v) is 7.62. The summed E-state index contributed by atoms with van der Waals surface area (Å²) in [6, 6.07) is 15.5. The molecule has 3 nitrogen and oxygen atoms in total. The predicted octanol–water partition coefficient (Wildman–Crippen LogP) is 4.20. The zero-order valence-corrected chi connectivity index (χ0v) is 13.4. The second-order valence-corrected chi connectivity index (χ2v) is 5.98. The third-order valence-corrected chi connectivity index (χ3v) is 4.34. The molecule has 21 heavy (non-hydrogen) atoms. The standard InChI is InChI=1S/C16H13BrClN3/c17-14-9-11(18)6-7-12(14)16(21-19)13-5-1-3-10-4-2-8-20-15(10)13/h1-9,16,21H,19H2. The number of fused-ring (bicyclic) bond motifs is 1. The first-order chi connectivity index (χ1) is 10.2. The predicted molar refractivity (Wildman–Crippen MR) is 90.1 cm³/mol. The van der Waals surface area contributed by atoms with Gasteiger partial charge in [0.15, 0.2) is 0 Å². The van der Waals surface area contributed by atoms with E-state index in [1.165, 1.54) is 0 Å². The van der Waals surface area contributed by atoms with E-state index in [4.69, 9.17) is 17.4 Å². The van der Waals surface area contributed by atoms with Crippen molar-refractivity contribution in [3.8, 4) is 0 Å². The number of para-hydroxylation sites is 1. The van der Waals surface area contributed by atoms with Crippen molar-refractivity contribution in [3.63, 3.8) is 0 Å². The molecule has 106 valence electrons. The number of pyridine rings is 1. The largest absolute Gasteiger partial charge is 0.271 e. The molecule has 1 heterocycles. The maximum absolute atomic E-state index is 6.01. The highest BCUT2D eigenvalue weighted by Crippen LogP contribution is 2.32. The van der Waals surface area contributed by atoms with Crippen molar-refractivity contribution < 1.29 is 0 Å². The number of nitrogens with one attached hydrogen (secondary N) is 1. The minimum absolute atomic E-state index is 0.171. The van der Waals surface area contributed by atoms with E-state index in [2.05, 4.69) is 26.3 Å². The summed E-state index contributed by atoms with van der Waals surface area (Å²) in [6.07, 6.45) is 1.79. The van der Waals surface area contributed by atoms with E-state index < -0.39 is 0 Å². The SMILES string of the molecule is NNC(c1ccc(Cl)cc1Br)c1cccc2cccnc12. The highest BCUT2D eigenvalue weighted by atomic mass is 79.9. The van der Waals surface area contributed by atoms with Crippen LogP contribution in [0.3, 0.4) is 0 Å². The summed E-state index contributed by atoms with van der Waals surface area (Å²) in [5, 5.41) is 1.76. The van der Waals surface area contributed by atoms with Crippen molar-refractivity contribution in [2.75, 3.05) is 0 Å². The van der Waals surface area contributed by atoms with Gasteiger partial charge in [0, 0.05) is 26.6 Å². The number of halogens is 2. The van der Waals surface area contributed by atoms with Gasteiger partial charge in [-0.25, -0.2) is 5.43 Å². The molecule has 0 aliphatic rings. The second-order valence-electron chi connectivity index (χ2n) is 4.69. The summed E-state index contributed by atoms with van der Waals surface area (Å²) in [5.74, 6) is 5.80. The smallest absolute Gasteiger partial charge is 0.0753 e. The lowest BCUT2D eigenvalue weighted by atomic mass is 9.97. The summed E-state index contributed by atoms with van der Waals surface area (Å²) in [4.78, 5) is 4.49. The maximum atomic E-state index is 6.01. The van der Waals surface area contributed by atoms with E-state index in [9.17, 15) is 0 Å². The number of hydrazine groups is 1. The number of nitrogens with two attached hydrogens (primary N) is 1. The van der Waals surface area contributed by atoms with Crippen LogP contribution in [0.1, 0.15) is 17.2 Å². The molecule has 0 saturated carbocycles. The molecule has 0 aliphatic carbocycles. The van der Waals surface area contributed by atoms with E-state index in [1.54, 1.807) is 6.20 Å². The van der Waals surface area contributed by atoms with E-state index in [-0.39, 0.29) is 6.04 Å². The fourth-order valence-corrected chi connectivity index (χ4v) is 3.36. The van der Waals surface area contributed by atoms with Crippen LogP contribution in [-0.4, -0.2) is 4.98 Å². The van der Waals surface area contributed by atoms with Crippen molar-refractivity contribution in [2.24, 2.45) is 5.84 Å². The first-order valence-electron chi connectivity index (χ1n) is 6.45. The molecule has 3 N–H and O–H groups in total. The van der Waals surface area contributed by atoms with Crippen LogP contribution in [0.15, 0.2) is 59.2 Å². The maximum Gasteiger partial charge on any atom is 0.0753 e. The van der Waals surface area contributed by atoms with Gasteiger partial charge in [0.25, 0.3) is 0 Å². The van der Waals surface area contributed by atoms with Gasteiger partial charge < -0.3 is 0 Å². The van der Waals surface area contributed by atoms with Crippen molar-refractivity contribution >= 4 is 38.4 Å². The normalized spacial score (nSPS) is 12.5. The Hall–Kier alpha value is -1.46. The zero-order valence-electron chi connectivity index (χ0n) is 11.1. The molecule has 0 aliphatic heterocycles. The molecule has 0 fully saturated rings. The molecular formula is C16H13BrClN3. The van der Waals surface area contributed by atoms with Crippen LogP contribution in [-0.2, 0) is 0 Å². The Labute approximate surface area is 136 Å². The van der Waals surface area contributed by atoms with E-state index in [0.29, 0.717) is 5.02 Å². The molecule has 0 bridgehead atoms. The molecule has 0 radical (unpaired) electrons. The molecule has 0 spiro atoms. The fourth-order valence-electron chi connectivity index (χ4n) is 2.44. The van der Waals surface area contributed by atoms with Gasteiger partial charge in [0.1, 0.15) is 0 Å². The van der Waals surface area contributed by atoms with Crippen molar-refractivity contribution in [3.05, 3.63) is 75.4 Å². The molecule has 1 aromatic heterocycles. The van der Waals surface area contributed by atoms with Crippen LogP contribution in [0.5, 0.6) is 0 Å². The third-order valence-electron chi connectivity index (χ3n) is 3.42. The third kappa shape index (κ3) is 2.80. The van der Waals surface area contributed by atoms with Crippen LogP contribution < -0.4 is 11.3 Å². The monoisotopic (exact) mass is 361 g/mol. The molecule has 0 amide bonds. The number of nitrogens with zero attached hydrogens (tertiary/aromatic N) is 1. The Balaban J connectivity index is 2.18. The molecule has 3 rings (SSSR count). The summed E-state index contributed by atoms with van der Waals surface area (Å²) in [6.45, 7) is 0. The first kappa shape index (κ1) is 14.5. The minimum atomic E-state index is -0.171. The Morgan fingerprint density at radius 3 is 2.67 bits per heavy atom. The van der Waals surface area contributed by atoms with Crippen LogP contribution >= 0.6 is 27.5 Å². The number of aromatic nitrogens is 1. The van der Waals surface area contributed by atoms with Gasteiger partial charge in [-0.2, -0.15) is 0 Å². The number of benzene rings is 2. The average molecular weight is 363 g/mol. The topological polar surface area (TPSA) is 50.9 Å². The zero-order chi connectivity index (χ0) is 14.8. The number of hydrogen-bond donors (Lipinski definition) is 2. The van der Waals surface area contributed by atoms with Crippen LogP contribution in [0, 0.1) is 0 Å². The highest BCUT2D eigenvalue weighted by molar-refractivity contribution is 9.10. The fraction of sp³-hybridized carbons (Fsp3) is 0.0625. The molecule has 1 atom stereocenters. The molecule has 0 saturated heterocycles. The molecule has 2 aromatic carbocycles. The van der Waals surface area contributed by atoms with Crippen molar-refractivity contribution in [1.29, 1.82) is 0 Å². The number of hydrogen-bond acceptors (Lipinski definition) is 3. The van der Waals surface area contributed by atoms with Crippen LogP contribution in [0.4, 0.5) is 0 Å². The summed E-state index contributed by atoms with van der Waals surface area (Å²) >= 11 is 9.56. The van der Waals surface area contributed by atoms with Gasteiger partial charge in [-0.3, -0.25) is 10.8 Å². The van der Waals surface area contributed by atoms with Crippen molar-refractivity contribution in [2.45, 2.75) is 6.04 Å². The van der Waals surface area contributed by atoms with Gasteiger partial charge in [-0.05, 0) is 23.8 Å². The van der Waals surface area contributed by atoms with Gasteiger partial charge in [-0.15, -0.1) is 0 Å². The van der Waals surface area contributed by atoms with Crippen LogP contribution in [0.25, 0.3) is 10.9 Å². The highest BCUT2D eigenvalue weighted by Gasteiger charge is 2.18.